The van der Waals surface area contributed by atoms with Crippen LogP contribution >= 0.6 is 0 Å². The average molecular weight is 447 g/mol. The van der Waals surface area contributed by atoms with Crippen LogP contribution in [0.25, 0.3) is 22.2 Å². The molecule has 0 spiro atoms. The molecule has 2 N–H and O–H groups in total. The lowest BCUT2D eigenvalue weighted by atomic mass is 9.99. The molecule has 0 saturated heterocycles. The first-order valence-corrected chi connectivity index (χ1v) is 11.1. The number of aryl methyl sites for hydroxylation is 2. The second-order valence-electron chi connectivity index (χ2n) is 7.95. The summed E-state index contributed by atoms with van der Waals surface area (Å²) < 4.78 is 3.10. The predicted octanol–water partition coefficient (Wildman–Crippen LogP) is 3.66. The van der Waals surface area contributed by atoms with Gasteiger partial charge in [-0.2, -0.15) is 0 Å². The maximum atomic E-state index is 12.8. The maximum Gasteiger partial charge on any atom is 0.336 e. The molecule has 8 heteroatoms. The molecule has 0 saturated carbocycles. The molecule has 4 rings (SSSR count). The zero-order valence-corrected chi connectivity index (χ0v) is 18.7. The van der Waals surface area contributed by atoms with Gasteiger partial charge >= 0.3 is 5.97 Å². The third-order valence-electron chi connectivity index (χ3n) is 5.78. The van der Waals surface area contributed by atoms with Crippen molar-refractivity contribution in [3.63, 3.8) is 0 Å². The van der Waals surface area contributed by atoms with Crippen LogP contribution in [0.5, 0.6) is 0 Å². The van der Waals surface area contributed by atoms with Crippen molar-refractivity contribution < 1.29 is 9.90 Å². The van der Waals surface area contributed by atoms with Gasteiger partial charge in [-0.3, -0.25) is 14.7 Å². The fraction of sp³-hybridized carbons (Fsp3) is 0.280. The molecule has 2 aromatic carbocycles. The van der Waals surface area contributed by atoms with Crippen molar-refractivity contribution in [1.82, 2.24) is 19.3 Å². The number of carboxylic acids is 1. The molecule has 170 valence electrons. The molecule has 0 amide bonds. The van der Waals surface area contributed by atoms with E-state index in [0.29, 0.717) is 30.9 Å². The minimum atomic E-state index is -0.975. The van der Waals surface area contributed by atoms with Crippen molar-refractivity contribution in [3.05, 3.63) is 86.2 Å². The second kappa shape index (κ2) is 9.28. The van der Waals surface area contributed by atoms with E-state index >= 15 is 0 Å². The summed E-state index contributed by atoms with van der Waals surface area (Å²) in [6.07, 6.45) is 2.53. The van der Waals surface area contributed by atoms with Crippen LogP contribution in [0, 0.1) is 0 Å². The van der Waals surface area contributed by atoms with Crippen LogP contribution in [0.4, 0.5) is 0 Å². The third-order valence-corrected chi connectivity index (χ3v) is 5.78. The molecule has 2 aromatic heterocycles. The molecule has 0 aliphatic carbocycles. The first-order chi connectivity index (χ1) is 15.9. The Morgan fingerprint density at radius 3 is 2.45 bits per heavy atom. The largest absolute Gasteiger partial charge is 0.478 e. The molecule has 4 aromatic rings. The quantitative estimate of drug-likeness (QED) is 0.429. The molecular formula is C25H26N4O4. The summed E-state index contributed by atoms with van der Waals surface area (Å²) in [7, 11) is 0. The number of unbranched alkanes of at least 4 members (excludes halogenated alkanes) is 1. The minimum absolute atomic E-state index is 0.193. The number of aromatic nitrogens is 4. The fourth-order valence-corrected chi connectivity index (χ4v) is 4.04. The number of fused-ring (bicyclic) bond motifs is 1. The highest BCUT2D eigenvalue weighted by molar-refractivity contribution is 5.96. The van der Waals surface area contributed by atoms with Crippen LogP contribution in [-0.2, 0) is 19.5 Å². The normalized spacial score (nSPS) is 11.2. The number of carbonyl (C=O) groups is 1. The molecule has 2 heterocycles. The van der Waals surface area contributed by atoms with Crippen molar-refractivity contribution >= 4 is 17.0 Å². The Labute approximate surface area is 190 Å². The summed E-state index contributed by atoms with van der Waals surface area (Å²) >= 11 is 0. The zero-order valence-electron chi connectivity index (χ0n) is 18.7. The van der Waals surface area contributed by atoms with Gasteiger partial charge in [-0.25, -0.2) is 14.5 Å². The molecule has 0 bridgehead atoms. The number of nitrogens with zero attached hydrogens (tertiary/aromatic N) is 3. The van der Waals surface area contributed by atoms with Crippen LogP contribution in [0.1, 0.15) is 48.4 Å². The maximum absolute atomic E-state index is 12.8. The van der Waals surface area contributed by atoms with E-state index in [4.69, 9.17) is 0 Å². The molecule has 8 nitrogen and oxygen atoms in total. The lowest BCUT2D eigenvalue weighted by Gasteiger charge is -2.11. The van der Waals surface area contributed by atoms with Gasteiger partial charge in [0.15, 0.2) is 5.52 Å². The van der Waals surface area contributed by atoms with Gasteiger partial charge < -0.3 is 9.67 Å². The number of hydrogen-bond donors (Lipinski definition) is 2. The van der Waals surface area contributed by atoms with Crippen LogP contribution < -0.4 is 11.1 Å². The smallest absolute Gasteiger partial charge is 0.336 e. The summed E-state index contributed by atoms with van der Waals surface area (Å²) in [5.74, 6) is -0.263. The topological polar surface area (TPSA) is 110 Å². The van der Waals surface area contributed by atoms with Crippen molar-refractivity contribution in [2.45, 2.75) is 46.2 Å². The van der Waals surface area contributed by atoms with Crippen molar-refractivity contribution in [3.8, 4) is 11.1 Å². The van der Waals surface area contributed by atoms with Crippen LogP contribution in [0.15, 0.2) is 58.1 Å². The van der Waals surface area contributed by atoms with Gasteiger partial charge in [0.05, 0.1) is 5.56 Å². The van der Waals surface area contributed by atoms with E-state index in [9.17, 15) is 19.5 Å². The number of nitrogens with one attached hydrogen (secondary N) is 1. The number of benzene rings is 2. The van der Waals surface area contributed by atoms with E-state index in [1.54, 1.807) is 25.1 Å². The first-order valence-electron chi connectivity index (χ1n) is 11.1. The first kappa shape index (κ1) is 22.3. The summed E-state index contributed by atoms with van der Waals surface area (Å²) in [6, 6.07) is 14.4. The second-order valence-corrected chi connectivity index (χ2v) is 7.95. The zero-order chi connectivity index (χ0) is 23.5. The molecule has 0 aliphatic heterocycles. The number of aromatic amines is 1. The SMILES string of the molecule is CCCCc1nc2c(=O)n(CC)[nH]c(=O)c2n1Cc1ccc(-c2ccccc2C(=O)O)cc1. The Morgan fingerprint density at radius 2 is 1.79 bits per heavy atom. The van der Waals surface area contributed by atoms with Crippen LogP contribution in [0.3, 0.4) is 0 Å². The molecule has 0 unspecified atom stereocenters. The predicted molar refractivity (Wildman–Crippen MR) is 127 cm³/mol. The molecule has 0 atom stereocenters. The summed E-state index contributed by atoms with van der Waals surface area (Å²) in [6.45, 7) is 4.62. The van der Waals surface area contributed by atoms with Gasteiger partial charge in [0.2, 0.25) is 0 Å². The van der Waals surface area contributed by atoms with E-state index in [1.807, 2.05) is 34.9 Å². The number of H-pyrrole nitrogens is 1. The van der Waals surface area contributed by atoms with Crippen LogP contribution in [0.2, 0.25) is 0 Å². The molecule has 0 fully saturated rings. The monoisotopic (exact) mass is 446 g/mol. The number of aromatic carboxylic acids is 1. The van der Waals surface area contributed by atoms with Crippen molar-refractivity contribution in [2.75, 3.05) is 0 Å². The van der Waals surface area contributed by atoms with Crippen molar-refractivity contribution in [1.29, 1.82) is 0 Å². The van der Waals surface area contributed by atoms with E-state index in [0.717, 1.165) is 24.0 Å². The Morgan fingerprint density at radius 1 is 1.06 bits per heavy atom. The highest BCUT2D eigenvalue weighted by atomic mass is 16.4. The van der Waals surface area contributed by atoms with Gasteiger partial charge in [-0.1, -0.05) is 55.8 Å². The van der Waals surface area contributed by atoms with E-state index < -0.39 is 5.97 Å². The number of rotatable bonds is 8. The lowest BCUT2D eigenvalue weighted by molar-refractivity contribution is 0.0697. The Hall–Kier alpha value is -3.94. The molecule has 33 heavy (non-hydrogen) atoms. The van der Waals surface area contributed by atoms with Gasteiger partial charge in [0.25, 0.3) is 11.1 Å². The van der Waals surface area contributed by atoms with E-state index in [2.05, 4.69) is 17.0 Å². The van der Waals surface area contributed by atoms with Gasteiger partial charge in [-0.15, -0.1) is 0 Å². The number of imidazole rings is 1. The molecule has 0 radical (unpaired) electrons. The Balaban J connectivity index is 1.76. The Kier molecular flexibility index (Phi) is 6.26. The highest BCUT2D eigenvalue weighted by Crippen LogP contribution is 2.25. The number of carboxylic acid groups (broad SMARTS) is 1. The molecular weight excluding hydrogens is 420 g/mol. The summed E-state index contributed by atoms with van der Waals surface area (Å²) in [4.78, 5) is 41.7. The standard InChI is InChI=1S/C25H26N4O4/c1-3-5-10-20-26-21-22(23(30)27-29(4-2)24(21)31)28(20)15-16-11-13-17(14-12-16)18-8-6-7-9-19(18)25(32)33/h6-9,11-14H,3-5,10,15H2,1-2H3,(H,27,30)(H,32,33). The van der Waals surface area contributed by atoms with Crippen LogP contribution in [-0.4, -0.2) is 30.4 Å². The molecule has 0 aliphatic rings. The van der Waals surface area contributed by atoms with Crippen molar-refractivity contribution in [2.24, 2.45) is 0 Å². The lowest BCUT2D eigenvalue weighted by Crippen LogP contribution is -2.30. The van der Waals surface area contributed by atoms with E-state index in [1.165, 1.54) is 4.68 Å². The average Bonchev–Trinajstić information content (AvgIpc) is 3.19. The van der Waals surface area contributed by atoms with Gasteiger partial charge in [-0.05, 0) is 36.1 Å². The third kappa shape index (κ3) is 4.24. The Bertz CT molecular complexity index is 1430. The minimum Gasteiger partial charge on any atom is -0.478 e. The fourth-order valence-electron chi connectivity index (χ4n) is 4.04. The van der Waals surface area contributed by atoms with E-state index in [-0.39, 0.29) is 27.7 Å². The summed E-state index contributed by atoms with van der Waals surface area (Å²) in [5, 5.41) is 12.1. The highest BCUT2D eigenvalue weighted by Gasteiger charge is 2.18. The van der Waals surface area contributed by atoms with Gasteiger partial charge in [0.1, 0.15) is 11.3 Å². The summed E-state index contributed by atoms with van der Waals surface area (Å²) in [5.41, 5.74) is 2.44. The number of hydrogen-bond acceptors (Lipinski definition) is 4. The van der Waals surface area contributed by atoms with Gasteiger partial charge in [0, 0.05) is 19.5 Å².